The quantitative estimate of drug-likeness (QED) is 0.0209. The van der Waals surface area contributed by atoms with Gasteiger partial charge in [0.05, 0.1) is 0 Å². The summed E-state index contributed by atoms with van der Waals surface area (Å²) >= 11 is 68.9. The Balaban J connectivity index is -0.0000000622. The average Bonchev–Trinajstić information content (AvgIpc) is 2.40. The fourth-order valence-electron chi connectivity index (χ4n) is 7.22. The summed E-state index contributed by atoms with van der Waals surface area (Å²) in [5.41, 5.74) is 0. The first-order valence-corrected chi connectivity index (χ1v) is 53.0. The molecule has 0 aliphatic heterocycles. The number of hydrogen-bond donors (Lipinski definition) is 17. The zero-order valence-corrected chi connectivity index (χ0v) is 88.8. The molecule has 0 radical (unpaired) electrons. The van der Waals surface area contributed by atoms with Crippen LogP contribution in [0.25, 0.3) is 0 Å². The second-order valence-corrected chi connectivity index (χ2v) is 38.0. The normalized spacial score (nSPS) is 11.7. The first-order valence-electron chi connectivity index (χ1n) is 42.7. The van der Waals surface area contributed by atoms with Crippen molar-refractivity contribution in [2.24, 2.45) is 11.8 Å². The lowest BCUT2D eigenvalue weighted by Crippen LogP contribution is -2.03. The Morgan fingerprint density at radius 3 is 0.524 bits per heavy atom. The van der Waals surface area contributed by atoms with E-state index in [0.29, 0.717) is 10.5 Å². The molecule has 1 unspecified atom stereocenters. The molecule has 2 aliphatic rings. The lowest BCUT2D eigenvalue weighted by atomic mass is 10.0. The van der Waals surface area contributed by atoms with E-state index in [2.05, 4.69) is 332 Å². The minimum atomic E-state index is 0.194. The Morgan fingerprint density at radius 1 is 0.282 bits per heavy atom. The van der Waals surface area contributed by atoms with E-state index in [4.69, 9.17) is 0 Å². The van der Waals surface area contributed by atoms with Crippen molar-refractivity contribution in [3.63, 3.8) is 0 Å². The van der Waals surface area contributed by atoms with Crippen molar-refractivity contribution in [1.82, 2.24) is 0 Å². The Morgan fingerprint density at radius 2 is 0.437 bits per heavy atom. The van der Waals surface area contributed by atoms with Gasteiger partial charge >= 0.3 is 0 Å². The SMILES string of the molecule is CC(C)(C)S.CC(C)CCS.CC(C)CS.CC(C)S.CCC(C)S.CCCCCCCCCCS.CCCCCCCCCS.CCCCCCCCS.CCCCCCCS.CCCCCCS.CCCCCS.CCCCS.CCCS.CCS.CS.SC1CCCC1.SC1CCCCC1. The van der Waals surface area contributed by atoms with Gasteiger partial charge in [-0.25, -0.2) is 0 Å². The van der Waals surface area contributed by atoms with E-state index in [9.17, 15) is 0 Å². The summed E-state index contributed by atoms with van der Waals surface area (Å²) in [6.07, 6.45) is 65.6. The lowest BCUT2D eigenvalue weighted by molar-refractivity contribution is 0.518. The summed E-state index contributed by atoms with van der Waals surface area (Å²) in [6, 6.07) is 0. The van der Waals surface area contributed by atoms with Gasteiger partial charge in [-0.15, -0.1) is 0 Å². The topological polar surface area (TPSA) is 0 Å². The zero-order valence-electron chi connectivity index (χ0n) is 73.6. The largest absolute Gasteiger partial charge is 0.183 e. The van der Waals surface area contributed by atoms with Crippen LogP contribution >= 0.6 is 215 Å². The van der Waals surface area contributed by atoms with Gasteiger partial charge in [-0.3, -0.25) is 0 Å². The highest BCUT2D eigenvalue weighted by molar-refractivity contribution is 7.83. The molecule has 0 spiro atoms. The predicted octanol–water partition coefficient (Wildman–Crippen LogP) is 35.4. The van der Waals surface area contributed by atoms with Gasteiger partial charge in [0.15, 0.2) is 0 Å². The predicted molar refractivity (Wildman–Crippen MR) is 568 cm³/mol. The van der Waals surface area contributed by atoms with Gasteiger partial charge in [0, 0.05) is 15.2 Å². The van der Waals surface area contributed by atoms with E-state index in [1.165, 1.54) is 302 Å². The Bertz CT molecular complexity index is 1020. The molecule has 103 heavy (non-hydrogen) atoms. The van der Waals surface area contributed by atoms with Crippen molar-refractivity contribution in [2.75, 3.05) is 69.5 Å². The van der Waals surface area contributed by atoms with E-state index in [-0.39, 0.29) is 4.75 Å². The van der Waals surface area contributed by atoms with Gasteiger partial charge in [-0.05, 0) is 182 Å². The summed E-state index contributed by atoms with van der Waals surface area (Å²) in [6.45, 7) is 42.8. The van der Waals surface area contributed by atoms with Crippen molar-refractivity contribution in [1.29, 1.82) is 0 Å². The first kappa shape index (κ1) is 144. The molecule has 2 saturated carbocycles. The lowest BCUT2D eigenvalue weighted by Gasteiger charge is -2.14. The van der Waals surface area contributed by atoms with E-state index in [0.717, 1.165) is 85.6 Å². The molecule has 0 nitrogen and oxygen atoms in total. The van der Waals surface area contributed by atoms with Crippen molar-refractivity contribution in [2.45, 2.75) is 466 Å². The van der Waals surface area contributed by atoms with Crippen LogP contribution in [0.2, 0.25) is 0 Å². The maximum Gasteiger partial charge on any atom is 0.00449 e. The second-order valence-electron chi connectivity index (χ2n) is 28.2. The van der Waals surface area contributed by atoms with Crippen molar-refractivity contribution >= 4 is 215 Å². The molecule has 2 rings (SSSR count). The fourth-order valence-corrected chi connectivity index (χ4v) is 10.1. The number of unbranched alkanes of at least 4 members (excludes halogenated alkanes) is 28. The van der Waals surface area contributed by atoms with Crippen LogP contribution in [0.4, 0.5) is 0 Å². The summed E-state index contributed by atoms with van der Waals surface area (Å²) < 4.78 is 0.194. The summed E-state index contributed by atoms with van der Waals surface area (Å²) in [7, 11) is 0. The molecule has 648 valence electrons. The van der Waals surface area contributed by atoms with Gasteiger partial charge < -0.3 is 0 Å². The third-order valence-corrected chi connectivity index (χ3v) is 18.7. The van der Waals surface area contributed by atoms with Crippen LogP contribution in [0.15, 0.2) is 0 Å². The molecule has 0 saturated heterocycles. The van der Waals surface area contributed by atoms with E-state index < -0.39 is 0 Å². The molecule has 0 bridgehead atoms. The van der Waals surface area contributed by atoms with Crippen LogP contribution in [0.3, 0.4) is 0 Å². The molecule has 2 fully saturated rings. The van der Waals surface area contributed by atoms with Gasteiger partial charge in [-0.2, -0.15) is 215 Å². The highest BCUT2D eigenvalue weighted by Gasteiger charge is 2.08. The van der Waals surface area contributed by atoms with Crippen LogP contribution in [0.1, 0.15) is 440 Å². The van der Waals surface area contributed by atoms with Crippen molar-refractivity contribution < 1.29 is 0 Å². The molecular formula is C86H202S17. The van der Waals surface area contributed by atoms with Crippen LogP contribution in [-0.4, -0.2) is 95.3 Å². The fraction of sp³-hybridized carbons (Fsp3) is 1.00. The Kier molecular flexibility index (Phi) is 223. The summed E-state index contributed by atoms with van der Waals surface area (Å²) in [5.74, 6) is 12.9. The van der Waals surface area contributed by atoms with Gasteiger partial charge in [0.2, 0.25) is 0 Å². The standard InChI is InChI=1S/C10H22S.C9H20S.C8H18S.C7H16S.C6H12S.C6H14S.C5H10S.2C5H12S.4C4H10S.2C3H8S.C2H6S.CH4S/c1-2-3-4-5-6-7-8-9-10-11;1-2-3-4-5-6-7-8-9-10;1-2-3-4-5-6-7-8-9;1-2-3-4-5-6-7-8;7-6-4-2-1-3-5-6;1-2-3-4-5-6-7;6-5-3-1-2-4-5;1-5(2)3-4-6;1-2-3-4-5-6;1-4(2,3)5;1-4(2)3-5;1-3-4(2)5;1-2-3-4-5;1-3(2)4;1-2-3-4;1-2-3;1-2/h11H,2-10H2,1H3;10H,2-9H2,1H3;9H,2-8H2,1H3;8H,2-7H2,1H3;6-7H,1-5H2;7H,2-6H2,1H3;5-6H,1-4H2;5-6H,3-4H2,1-2H3;6H,2-5H2,1H3;5H,1-3H3;2*4-5H,3H2,1-2H3;5H,2-4H2,1H3;3-4H,1-2H3;4H,2-3H2,1H3;3H,2H2,1H3;2H,1H3. The van der Waals surface area contributed by atoms with Crippen molar-refractivity contribution in [3.8, 4) is 0 Å². The van der Waals surface area contributed by atoms with Gasteiger partial charge in [-0.1, -0.05) is 350 Å². The molecule has 2 aliphatic carbocycles. The number of hydrogen-bond acceptors (Lipinski definition) is 17. The molecule has 1 atom stereocenters. The number of thiol groups is 17. The van der Waals surface area contributed by atoms with Crippen molar-refractivity contribution in [3.05, 3.63) is 0 Å². The van der Waals surface area contributed by atoms with E-state index in [1.807, 2.05) is 20.8 Å². The molecule has 0 heterocycles. The molecule has 0 N–H and O–H groups in total. The maximum atomic E-state index is 4.36. The summed E-state index contributed by atoms with van der Waals surface area (Å²) in [4.78, 5) is 0. The summed E-state index contributed by atoms with van der Waals surface area (Å²) in [5, 5.41) is 2.58. The minimum absolute atomic E-state index is 0.194. The third-order valence-electron chi connectivity index (χ3n) is 13.6. The second kappa shape index (κ2) is 160. The smallest absolute Gasteiger partial charge is 0.00449 e. The van der Waals surface area contributed by atoms with Gasteiger partial charge in [0.1, 0.15) is 0 Å². The zero-order chi connectivity index (χ0) is 83.0. The number of rotatable bonds is 40. The minimum Gasteiger partial charge on any atom is -0.183 e. The van der Waals surface area contributed by atoms with Crippen LogP contribution in [-0.2, 0) is 0 Å². The Labute approximate surface area is 753 Å². The molecule has 17 heteroatoms. The first-order chi connectivity index (χ1) is 49.1. The van der Waals surface area contributed by atoms with Crippen LogP contribution in [0, 0.1) is 11.8 Å². The van der Waals surface area contributed by atoms with E-state index >= 15 is 0 Å². The molecule has 0 aromatic carbocycles. The van der Waals surface area contributed by atoms with Crippen LogP contribution in [0.5, 0.6) is 0 Å². The molecule has 0 amide bonds. The van der Waals surface area contributed by atoms with Gasteiger partial charge in [0.25, 0.3) is 0 Å². The van der Waals surface area contributed by atoms with E-state index in [1.54, 1.807) is 6.26 Å². The monoisotopic (exact) mass is 1780 g/mol. The van der Waals surface area contributed by atoms with Crippen LogP contribution < -0.4 is 0 Å². The molecular weight excluding hydrogens is 1580 g/mol. The third kappa shape index (κ3) is 296. The highest BCUT2D eigenvalue weighted by atomic mass is 32.1. The highest BCUT2D eigenvalue weighted by Crippen LogP contribution is 2.22. The maximum absolute atomic E-state index is 4.36. The molecule has 0 aromatic rings. The Hall–Kier alpha value is 5.95. The average molecular weight is 1780 g/mol. The molecule has 0 aromatic heterocycles.